The average molecular weight is 276 g/mol. The Balaban J connectivity index is 2.39. The molecule has 0 atom stereocenters. The van der Waals surface area contributed by atoms with Crippen molar-refractivity contribution >= 4 is 17.4 Å². The molecule has 0 saturated heterocycles. The summed E-state index contributed by atoms with van der Waals surface area (Å²) in [7, 11) is 0. The van der Waals surface area contributed by atoms with Gasteiger partial charge in [0.1, 0.15) is 0 Å². The summed E-state index contributed by atoms with van der Waals surface area (Å²) >= 11 is 5.65. The van der Waals surface area contributed by atoms with E-state index < -0.39 is 0 Å². The van der Waals surface area contributed by atoms with Crippen LogP contribution in [0.1, 0.15) is 32.9 Å². The fraction of sp³-hybridized carbons (Fsp3) is 0.312. The van der Waals surface area contributed by atoms with E-state index in [0.29, 0.717) is 0 Å². The van der Waals surface area contributed by atoms with E-state index >= 15 is 0 Å². The van der Waals surface area contributed by atoms with Crippen molar-refractivity contribution < 1.29 is 4.79 Å². The number of ketones is 1. The Hall–Kier alpha value is -1.54. The lowest BCUT2D eigenvalue weighted by molar-refractivity contribution is 0.102. The molecule has 0 amide bonds. The highest BCUT2D eigenvalue weighted by molar-refractivity contribution is 6.30. The molecule has 0 aliphatic carbocycles. The van der Waals surface area contributed by atoms with Gasteiger partial charge in [-0.3, -0.25) is 4.79 Å². The summed E-state index contributed by atoms with van der Waals surface area (Å²) in [6.45, 7) is 6.90. The summed E-state index contributed by atoms with van der Waals surface area (Å²) in [5, 5.41) is 0. The minimum absolute atomic E-state index is 0.00852. The fourth-order valence-electron chi connectivity index (χ4n) is 2.36. The van der Waals surface area contributed by atoms with Crippen molar-refractivity contribution in [3.63, 3.8) is 0 Å². The maximum Gasteiger partial charge on any atom is 0.179 e. The lowest BCUT2D eigenvalue weighted by Gasteiger charge is -2.12. The number of alkyl halides is 1. The van der Waals surface area contributed by atoms with Crippen LogP contribution in [-0.4, -0.2) is 16.2 Å². The molecule has 0 bridgehead atoms. The van der Waals surface area contributed by atoms with Crippen LogP contribution in [0.15, 0.2) is 30.3 Å². The Morgan fingerprint density at radius 2 is 1.89 bits per heavy atom. The van der Waals surface area contributed by atoms with Gasteiger partial charge >= 0.3 is 0 Å². The van der Waals surface area contributed by atoms with E-state index in [1.165, 1.54) is 11.1 Å². The minimum atomic E-state index is -0.00852. The highest BCUT2D eigenvalue weighted by atomic mass is 35.5. The molecule has 2 nitrogen and oxygen atoms in total. The molecule has 0 radical (unpaired) electrons. The molecular weight excluding hydrogens is 258 g/mol. The van der Waals surface area contributed by atoms with Crippen molar-refractivity contribution in [3.05, 3.63) is 58.4 Å². The second-order valence-electron chi connectivity index (χ2n) is 4.85. The van der Waals surface area contributed by atoms with Crippen LogP contribution in [0.3, 0.4) is 0 Å². The van der Waals surface area contributed by atoms with Gasteiger partial charge in [0.25, 0.3) is 0 Å². The maximum absolute atomic E-state index is 11.8. The minimum Gasteiger partial charge on any atom is -0.344 e. The number of hydrogen-bond acceptors (Lipinski definition) is 1. The van der Waals surface area contributed by atoms with Gasteiger partial charge in [0.2, 0.25) is 0 Å². The van der Waals surface area contributed by atoms with E-state index in [1.54, 1.807) is 0 Å². The monoisotopic (exact) mass is 275 g/mol. The molecule has 0 aliphatic heterocycles. The largest absolute Gasteiger partial charge is 0.344 e. The van der Waals surface area contributed by atoms with E-state index in [0.717, 1.165) is 23.5 Å². The molecule has 0 N–H and O–H groups in total. The summed E-state index contributed by atoms with van der Waals surface area (Å²) < 4.78 is 2.17. The first kappa shape index (κ1) is 13.9. The standard InChI is InChI=1S/C16H18ClNO/c1-11-6-4-5-7-14(11)10-18-12(2)8-15(13(18)3)16(19)9-17/h4-8H,9-10H2,1-3H3. The molecule has 0 saturated carbocycles. The normalized spacial score (nSPS) is 10.7. The van der Waals surface area contributed by atoms with Gasteiger partial charge in [-0.2, -0.15) is 0 Å². The molecule has 0 aliphatic rings. The molecule has 1 heterocycles. The van der Waals surface area contributed by atoms with E-state index in [-0.39, 0.29) is 11.7 Å². The Bertz CT molecular complexity index is 613. The third-order valence-corrected chi connectivity index (χ3v) is 3.83. The van der Waals surface area contributed by atoms with E-state index in [2.05, 4.69) is 23.6 Å². The lowest BCUT2D eigenvalue weighted by Crippen LogP contribution is -2.07. The maximum atomic E-state index is 11.8. The SMILES string of the molecule is Cc1ccccc1Cn1c(C)cc(C(=O)CCl)c1C. The molecule has 0 spiro atoms. The molecule has 2 aromatic rings. The molecule has 0 fully saturated rings. The summed E-state index contributed by atoms with van der Waals surface area (Å²) in [6.07, 6.45) is 0. The Morgan fingerprint density at radius 3 is 2.53 bits per heavy atom. The quantitative estimate of drug-likeness (QED) is 0.613. The van der Waals surface area contributed by atoms with Crippen LogP contribution in [0.2, 0.25) is 0 Å². The van der Waals surface area contributed by atoms with Crippen LogP contribution in [-0.2, 0) is 6.54 Å². The number of Topliss-reactive ketones (excluding diaryl/α,β-unsaturated/α-hetero) is 1. The molecule has 100 valence electrons. The Kier molecular flexibility index (Phi) is 4.11. The van der Waals surface area contributed by atoms with Gasteiger partial charge in [0.15, 0.2) is 5.78 Å². The van der Waals surface area contributed by atoms with Crippen molar-refractivity contribution in [1.82, 2.24) is 4.57 Å². The van der Waals surface area contributed by atoms with Crippen LogP contribution in [0, 0.1) is 20.8 Å². The third-order valence-electron chi connectivity index (χ3n) is 3.59. The molecule has 0 unspecified atom stereocenters. The van der Waals surface area contributed by atoms with Gasteiger partial charge in [-0.25, -0.2) is 0 Å². The summed E-state index contributed by atoms with van der Waals surface area (Å²) in [6, 6.07) is 10.2. The number of rotatable bonds is 4. The predicted octanol–water partition coefficient (Wildman–Crippen LogP) is 3.88. The lowest BCUT2D eigenvalue weighted by atomic mass is 10.1. The number of carbonyl (C=O) groups is 1. The van der Waals surface area contributed by atoms with Crippen LogP contribution in [0.4, 0.5) is 0 Å². The Morgan fingerprint density at radius 1 is 1.21 bits per heavy atom. The van der Waals surface area contributed by atoms with Crippen LogP contribution in [0.5, 0.6) is 0 Å². The van der Waals surface area contributed by atoms with Gasteiger partial charge in [0, 0.05) is 23.5 Å². The zero-order valence-electron chi connectivity index (χ0n) is 11.5. The first-order valence-electron chi connectivity index (χ1n) is 6.35. The van der Waals surface area contributed by atoms with Gasteiger partial charge < -0.3 is 4.57 Å². The first-order valence-corrected chi connectivity index (χ1v) is 6.88. The van der Waals surface area contributed by atoms with Crippen molar-refractivity contribution in [2.45, 2.75) is 27.3 Å². The van der Waals surface area contributed by atoms with Crippen LogP contribution >= 0.6 is 11.6 Å². The summed E-state index contributed by atoms with van der Waals surface area (Å²) in [4.78, 5) is 11.8. The number of aromatic nitrogens is 1. The fourth-order valence-corrected chi connectivity index (χ4v) is 2.50. The number of nitrogens with zero attached hydrogens (tertiary/aromatic N) is 1. The van der Waals surface area contributed by atoms with Crippen molar-refractivity contribution in [2.75, 3.05) is 5.88 Å². The number of carbonyl (C=O) groups excluding carboxylic acids is 1. The number of hydrogen-bond donors (Lipinski definition) is 0. The van der Waals surface area contributed by atoms with Gasteiger partial charge in [-0.15, -0.1) is 11.6 Å². The molecule has 3 heteroatoms. The topological polar surface area (TPSA) is 22.0 Å². The predicted molar refractivity (Wildman–Crippen MR) is 79.2 cm³/mol. The second kappa shape index (κ2) is 5.62. The van der Waals surface area contributed by atoms with Gasteiger partial charge in [-0.1, -0.05) is 24.3 Å². The van der Waals surface area contributed by atoms with Crippen LogP contribution < -0.4 is 0 Å². The number of benzene rings is 1. The second-order valence-corrected chi connectivity index (χ2v) is 5.12. The average Bonchev–Trinajstić information content (AvgIpc) is 2.68. The van der Waals surface area contributed by atoms with Crippen molar-refractivity contribution in [1.29, 1.82) is 0 Å². The van der Waals surface area contributed by atoms with E-state index in [1.807, 2.05) is 32.0 Å². The molecule has 2 rings (SSSR count). The van der Waals surface area contributed by atoms with Gasteiger partial charge in [0.05, 0.1) is 5.88 Å². The van der Waals surface area contributed by atoms with Gasteiger partial charge in [-0.05, 0) is 38.0 Å². The smallest absolute Gasteiger partial charge is 0.179 e. The van der Waals surface area contributed by atoms with Crippen molar-refractivity contribution in [2.24, 2.45) is 0 Å². The molecule has 1 aromatic heterocycles. The molecule has 1 aromatic carbocycles. The third kappa shape index (κ3) is 2.74. The van der Waals surface area contributed by atoms with Crippen molar-refractivity contribution in [3.8, 4) is 0 Å². The number of halogens is 1. The highest BCUT2D eigenvalue weighted by Crippen LogP contribution is 2.19. The Labute approximate surface area is 119 Å². The van der Waals surface area contributed by atoms with E-state index in [9.17, 15) is 4.79 Å². The number of aryl methyl sites for hydroxylation is 2. The molecule has 19 heavy (non-hydrogen) atoms. The summed E-state index contributed by atoms with van der Waals surface area (Å²) in [5.74, 6) is 0.0278. The zero-order valence-corrected chi connectivity index (χ0v) is 12.3. The zero-order chi connectivity index (χ0) is 14.0. The van der Waals surface area contributed by atoms with E-state index in [4.69, 9.17) is 11.6 Å². The van der Waals surface area contributed by atoms with Crippen LogP contribution in [0.25, 0.3) is 0 Å². The first-order chi connectivity index (χ1) is 9.04. The molecular formula is C16H18ClNO. The summed E-state index contributed by atoms with van der Waals surface area (Å²) in [5.41, 5.74) is 5.36. The highest BCUT2D eigenvalue weighted by Gasteiger charge is 2.15.